The Morgan fingerprint density at radius 3 is 1.61 bits per heavy atom. The van der Waals surface area contributed by atoms with Crippen molar-refractivity contribution in [1.29, 1.82) is 0 Å². The maximum atomic E-state index is 5.76. The van der Waals surface area contributed by atoms with Gasteiger partial charge in [0.05, 0.1) is 13.2 Å². The maximum Gasteiger partial charge on any atom is 0.252 e. The third kappa shape index (κ3) is 15.3. The van der Waals surface area contributed by atoms with Gasteiger partial charge >= 0.3 is 0 Å². The molecule has 0 bridgehead atoms. The predicted molar refractivity (Wildman–Crippen MR) is 87.5 cm³/mol. The summed E-state index contributed by atoms with van der Waals surface area (Å²) >= 11 is 7.05. The number of unbranched alkanes of at least 4 members (excludes halogenated alkanes) is 2. The number of halogens is 2. The van der Waals surface area contributed by atoms with Gasteiger partial charge in [0.2, 0.25) is 0 Å². The lowest BCUT2D eigenvalue weighted by molar-refractivity contribution is 0.241. The van der Waals surface area contributed by atoms with Gasteiger partial charge in [-0.2, -0.15) is 0 Å². The molecule has 0 spiro atoms. The minimum atomic E-state index is -1.17. The van der Waals surface area contributed by atoms with Gasteiger partial charge in [0.1, 0.15) is 0 Å². The summed E-state index contributed by atoms with van der Waals surface area (Å²) in [6.07, 6.45) is 6.79. The number of rotatable bonds is 12. The van der Waals surface area contributed by atoms with Crippen LogP contribution >= 0.6 is 40.4 Å². The summed E-state index contributed by atoms with van der Waals surface area (Å²) in [4.78, 5) is 1.18. The average Bonchev–Trinajstić information content (AvgIpc) is 2.27. The molecule has 2 unspecified atom stereocenters. The van der Waals surface area contributed by atoms with E-state index in [1.807, 2.05) is 0 Å². The zero-order valence-electron chi connectivity index (χ0n) is 11.4. The van der Waals surface area contributed by atoms with Gasteiger partial charge in [0.25, 0.3) is 8.53 Å². The second kappa shape index (κ2) is 13.3. The van der Waals surface area contributed by atoms with Crippen LogP contribution < -0.4 is 5.50 Å². The highest BCUT2D eigenvalue weighted by Gasteiger charge is 2.04. The molecule has 0 rings (SSSR count). The number of hydrogen-bond acceptors (Lipinski definition) is 3. The van der Waals surface area contributed by atoms with Crippen LogP contribution in [-0.4, -0.2) is 22.9 Å². The second-order valence-corrected chi connectivity index (χ2v) is 8.72. The fourth-order valence-electron chi connectivity index (χ4n) is 1.40. The fraction of sp³-hybridized carbons (Fsp3) is 1.00. The standard InChI is InChI=1S/C12H26Br2NO2P/c1-11(13)7-3-5-9-16-18(15)17-10-6-4-8-12(2)14/h11-12H,3-10,15H2,1-2H3. The normalized spacial score (nSPS) is 16.5. The van der Waals surface area contributed by atoms with E-state index >= 15 is 0 Å². The Hall–Kier alpha value is 1.27. The van der Waals surface area contributed by atoms with E-state index in [2.05, 4.69) is 45.7 Å². The van der Waals surface area contributed by atoms with Crippen molar-refractivity contribution in [1.82, 2.24) is 0 Å². The van der Waals surface area contributed by atoms with E-state index in [9.17, 15) is 0 Å². The molecular formula is C12H26Br2NO2P. The summed E-state index contributed by atoms with van der Waals surface area (Å²) in [5, 5.41) is 0. The molecule has 0 aliphatic carbocycles. The van der Waals surface area contributed by atoms with Crippen LogP contribution in [0.3, 0.4) is 0 Å². The molecule has 2 N–H and O–H groups in total. The summed E-state index contributed by atoms with van der Waals surface area (Å²) < 4.78 is 10.9. The second-order valence-electron chi connectivity index (χ2n) is 4.50. The summed E-state index contributed by atoms with van der Waals surface area (Å²) in [7, 11) is -1.17. The molecule has 0 radical (unpaired) electrons. The quantitative estimate of drug-likeness (QED) is 0.278. The Balaban J connectivity index is 3.19. The summed E-state index contributed by atoms with van der Waals surface area (Å²) in [6, 6.07) is 0. The van der Waals surface area contributed by atoms with Gasteiger partial charge in [-0.1, -0.05) is 58.5 Å². The van der Waals surface area contributed by atoms with E-state index in [4.69, 9.17) is 14.6 Å². The first-order chi connectivity index (χ1) is 8.52. The first-order valence-electron chi connectivity index (χ1n) is 6.61. The SMILES string of the molecule is CC(Br)CCCCOP(N)OCCCCC(C)Br. The predicted octanol–water partition coefficient (Wildman–Crippen LogP) is 5.11. The van der Waals surface area contributed by atoms with Gasteiger partial charge < -0.3 is 9.05 Å². The minimum Gasteiger partial charge on any atom is -0.322 e. The van der Waals surface area contributed by atoms with Crippen LogP contribution in [0.25, 0.3) is 0 Å². The van der Waals surface area contributed by atoms with E-state index in [1.165, 1.54) is 25.7 Å². The summed E-state index contributed by atoms with van der Waals surface area (Å²) in [6.45, 7) is 5.74. The van der Waals surface area contributed by atoms with E-state index in [0.29, 0.717) is 22.9 Å². The maximum absolute atomic E-state index is 5.76. The minimum absolute atomic E-state index is 0.588. The van der Waals surface area contributed by atoms with Gasteiger partial charge in [0, 0.05) is 9.65 Å². The van der Waals surface area contributed by atoms with Gasteiger partial charge in [-0.25, -0.2) is 0 Å². The molecule has 18 heavy (non-hydrogen) atoms. The molecule has 0 fully saturated rings. The monoisotopic (exact) mass is 405 g/mol. The van der Waals surface area contributed by atoms with Gasteiger partial charge in [-0.15, -0.1) is 0 Å². The Morgan fingerprint density at radius 1 is 0.889 bits per heavy atom. The van der Waals surface area contributed by atoms with E-state index < -0.39 is 8.53 Å². The van der Waals surface area contributed by atoms with E-state index in [1.54, 1.807) is 0 Å². The molecule has 0 aromatic heterocycles. The van der Waals surface area contributed by atoms with E-state index in [-0.39, 0.29) is 0 Å². The first kappa shape index (κ1) is 19.3. The van der Waals surface area contributed by atoms with Crippen LogP contribution in [-0.2, 0) is 9.05 Å². The number of hydrogen-bond donors (Lipinski definition) is 1. The molecule has 3 nitrogen and oxygen atoms in total. The van der Waals surface area contributed by atoms with Crippen LogP contribution in [0.15, 0.2) is 0 Å². The molecule has 0 amide bonds. The summed E-state index contributed by atoms with van der Waals surface area (Å²) in [5.41, 5.74) is 5.76. The van der Waals surface area contributed by atoms with Crippen molar-refractivity contribution in [3.8, 4) is 0 Å². The Bertz CT molecular complexity index is 167. The van der Waals surface area contributed by atoms with Crippen molar-refractivity contribution in [3.63, 3.8) is 0 Å². The molecular weight excluding hydrogens is 381 g/mol. The van der Waals surface area contributed by atoms with Crippen molar-refractivity contribution < 1.29 is 9.05 Å². The van der Waals surface area contributed by atoms with Crippen LogP contribution in [0.1, 0.15) is 52.4 Å². The van der Waals surface area contributed by atoms with Crippen molar-refractivity contribution in [3.05, 3.63) is 0 Å². The zero-order valence-corrected chi connectivity index (χ0v) is 15.5. The molecule has 0 saturated carbocycles. The molecule has 0 aromatic rings. The van der Waals surface area contributed by atoms with Gasteiger partial charge in [0.15, 0.2) is 0 Å². The molecule has 0 heterocycles. The summed E-state index contributed by atoms with van der Waals surface area (Å²) in [5.74, 6) is 0. The van der Waals surface area contributed by atoms with Crippen LogP contribution in [0.5, 0.6) is 0 Å². The highest BCUT2D eigenvalue weighted by molar-refractivity contribution is 9.09. The van der Waals surface area contributed by atoms with E-state index in [0.717, 1.165) is 12.8 Å². The Kier molecular flexibility index (Phi) is 14.2. The largest absolute Gasteiger partial charge is 0.322 e. The highest BCUT2D eigenvalue weighted by Crippen LogP contribution is 2.29. The topological polar surface area (TPSA) is 44.5 Å². The van der Waals surface area contributed by atoms with Crippen molar-refractivity contribution >= 4 is 40.4 Å². The van der Waals surface area contributed by atoms with Crippen molar-refractivity contribution in [2.75, 3.05) is 13.2 Å². The Labute approximate surface area is 130 Å². The molecule has 0 aromatic carbocycles. The molecule has 0 aliphatic rings. The van der Waals surface area contributed by atoms with Gasteiger partial charge in [-0.05, 0) is 25.7 Å². The molecule has 0 saturated heterocycles. The van der Waals surface area contributed by atoms with Crippen LogP contribution in [0.4, 0.5) is 0 Å². The Morgan fingerprint density at radius 2 is 1.28 bits per heavy atom. The lowest BCUT2D eigenvalue weighted by Crippen LogP contribution is -2.02. The van der Waals surface area contributed by atoms with Gasteiger partial charge in [-0.3, -0.25) is 5.50 Å². The van der Waals surface area contributed by atoms with Crippen LogP contribution in [0.2, 0.25) is 0 Å². The third-order valence-electron chi connectivity index (χ3n) is 2.43. The average molecular weight is 407 g/mol. The van der Waals surface area contributed by atoms with Crippen molar-refractivity contribution in [2.24, 2.45) is 5.50 Å². The first-order valence-corrected chi connectivity index (χ1v) is 9.69. The zero-order chi connectivity index (χ0) is 13.8. The number of nitrogens with two attached hydrogens (primary N) is 1. The lowest BCUT2D eigenvalue weighted by Gasteiger charge is -2.12. The third-order valence-corrected chi connectivity index (χ3v) is 4.22. The fourth-order valence-corrected chi connectivity index (χ4v) is 2.74. The molecule has 2 atom stereocenters. The molecule has 110 valence electrons. The molecule has 6 heteroatoms. The lowest BCUT2D eigenvalue weighted by atomic mass is 10.2. The smallest absolute Gasteiger partial charge is 0.252 e. The van der Waals surface area contributed by atoms with Crippen molar-refractivity contribution in [2.45, 2.75) is 62.0 Å². The molecule has 0 aliphatic heterocycles. The van der Waals surface area contributed by atoms with Crippen LogP contribution in [0, 0.1) is 0 Å². The highest BCUT2D eigenvalue weighted by atomic mass is 79.9. The number of alkyl halides is 2.